The van der Waals surface area contributed by atoms with Crippen molar-refractivity contribution in [2.75, 3.05) is 11.4 Å². The summed E-state index contributed by atoms with van der Waals surface area (Å²) < 4.78 is 0. The molecule has 4 nitrogen and oxygen atoms in total. The Morgan fingerprint density at radius 2 is 1.68 bits per heavy atom. The number of halogens is 1. The van der Waals surface area contributed by atoms with Crippen LogP contribution >= 0.6 is 11.6 Å². The topological polar surface area (TPSA) is 44.7 Å². The molecule has 3 aromatic carbocycles. The minimum atomic E-state index is -0.335. The number of rotatable bonds is 7. The number of nitrogens with one attached hydrogen (secondary N) is 1. The number of hydrogen-bond acceptors (Lipinski definition) is 3. The summed E-state index contributed by atoms with van der Waals surface area (Å²) in [6.45, 7) is 3.91. The van der Waals surface area contributed by atoms with E-state index in [0.717, 1.165) is 24.3 Å². The molecule has 0 aliphatic heterocycles. The predicted octanol–water partition coefficient (Wildman–Crippen LogP) is 5.13. The molecule has 0 saturated carbocycles. The van der Waals surface area contributed by atoms with Crippen molar-refractivity contribution in [2.24, 2.45) is 5.10 Å². The molecule has 0 radical (unpaired) electrons. The lowest BCUT2D eigenvalue weighted by atomic mass is 10.1. The van der Waals surface area contributed by atoms with Crippen LogP contribution in [0.2, 0.25) is 5.02 Å². The Hall–Kier alpha value is -3.11. The summed E-state index contributed by atoms with van der Waals surface area (Å²) in [5.74, 6) is -0.335. The molecule has 0 spiro atoms. The largest absolute Gasteiger partial charge is 0.367 e. The van der Waals surface area contributed by atoms with E-state index in [4.69, 9.17) is 11.6 Å². The van der Waals surface area contributed by atoms with Gasteiger partial charge in [0.1, 0.15) is 0 Å². The first-order valence-corrected chi connectivity index (χ1v) is 9.52. The molecule has 0 fully saturated rings. The second kappa shape index (κ2) is 9.72. The van der Waals surface area contributed by atoms with E-state index in [1.165, 1.54) is 5.56 Å². The van der Waals surface area contributed by atoms with E-state index < -0.39 is 0 Å². The summed E-state index contributed by atoms with van der Waals surface area (Å²) in [5.41, 5.74) is 6.22. The van der Waals surface area contributed by atoms with E-state index in [0.29, 0.717) is 10.6 Å². The molecule has 142 valence electrons. The SMILES string of the molecule is CCN(Cc1ccccc1)c1ccc(/C=N\NC(=O)c2ccccc2Cl)cc1. The molecule has 5 heteroatoms. The Bertz CT molecular complexity index is 940. The molecule has 0 unspecified atom stereocenters. The van der Waals surface area contributed by atoms with Crippen LogP contribution in [0.25, 0.3) is 0 Å². The molecule has 0 heterocycles. The zero-order valence-corrected chi connectivity index (χ0v) is 16.4. The van der Waals surface area contributed by atoms with Gasteiger partial charge in [0, 0.05) is 18.8 Å². The third kappa shape index (κ3) is 5.21. The highest BCUT2D eigenvalue weighted by atomic mass is 35.5. The molecule has 1 amide bonds. The third-order valence-electron chi connectivity index (χ3n) is 4.35. The molecule has 28 heavy (non-hydrogen) atoms. The lowest BCUT2D eigenvalue weighted by Gasteiger charge is -2.23. The van der Waals surface area contributed by atoms with Crippen molar-refractivity contribution in [2.45, 2.75) is 13.5 Å². The second-order valence-electron chi connectivity index (χ2n) is 6.27. The first-order chi connectivity index (χ1) is 13.7. The summed E-state index contributed by atoms with van der Waals surface area (Å²) in [6, 6.07) is 25.4. The highest BCUT2D eigenvalue weighted by Crippen LogP contribution is 2.18. The fourth-order valence-electron chi connectivity index (χ4n) is 2.83. The number of carbonyl (C=O) groups is 1. The van der Waals surface area contributed by atoms with Crippen molar-refractivity contribution >= 4 is 29.4 Å². The Labute approximate surface area is 170 Å². The maximum Gasteiger partial charge on any atom is 0.272 e. The molecular weight excluding hydrogens is 370 g/mol. The Balaban J connectivity index is 1.61. The van der Waals surface area contributed by atoms with Crippen molar-refractivity contribution in [1.82, 2.24) is 5.43 Å². The number of amides is 1. The Morgan fingerprint density at radius 3 is 2.36 bits per heavy atom. The number of nitrogens with zero attached hydrogens (tertiary/aromatic N) is 2. The van der Waals surface area contributed by atoms with Gasteiger partial charge in [0.2, 0.25) is 0 Å². The number of carbonyl (C=O) groups excluding carboxylic acids is 1. The lowest BCUT2D eigenvalue weighted by Crippen LogP contribution is -2.21. The summed E-state index contributed by atoms with van der Waals surface area (Å²) in [5, 5.41) is 4.43. The van der Waals surface area contributed by atoms with Gasteiger partial charge in [-0.3, -0.25) is 4.79 Å². The first-order valence-electron chi connectivity index (χ1n) is 9.14. The van der Waals surface area contributed by atoms with E-state index in [1.54, 1.807) is 30.5 Å². The molecule has 0 aromatic heterocycles. The van der Waals surface area contributed by atoms with Crippen molar-refractivity contribution in [3.8, 4) is 0 Å². The zero-order valence-electron chi connectivity index (χ0n) is 15.7. The van der Waals surface area contributed by atoms with Gasteiger partial charge in [-0.1, -0.05) is 66.2 Å². The van der Waals surface area contributed by atoms with Gasteiger partial charge in [-0.2, -0.15) is 5.10 Å². The van der Waals surface area contributed by atoms with Gasteiger partial charge in [0.05, 0.1) is 16.8 Å². The van der Waals surface area contributed by atoms with E-state index in [1.807, 2.05) is 18.2 Å². The molecule has 0 bridgehead atoms. The zero-order chi connectivity index (χ0) is 19.8. The maximum atomic E-state index is 12.1. The minimum Gasteiger partial charge on any atom is -0.367 e. The van der Waals surface area contributed by atoms with Gasteiger partial charge in [0.15, 0.2) is 0 Å². The molecule has 3 aromatic rings. The van der Waals surface area contributed by atoms with Gasteiger partial charge in [0.25, 0.3) is 5.91 Å². The Kier molecular flexibility index (Phi) is 6.82. The standard InChI is InChI=1S/C23H22ClN3O/c1-2-27(17-19-8-4-3-5-9-19)20-14-12-18(13-15-20)16-25-26-23(28)21-10-6-7-11-22(21)24/h3-16H,2,17H2,1H3,(H,26,28)/b25-16-. The normalized spacial score (nSPS) is 10.8. The molecule has 3 rings (SSSR count). The number of benzene rings is 3. The quantitative estimate of drug-likeness (QED) is 0.448. The van der Waals surface area contributed by atoms with E-state index >= 15 is 0 Å². The van der Waals surface area contributed by atoms with Crippen LogP contribution in [0.4, 0.5) is 5.69 Å². The summed E-state index contributed by atoms with van der Waals surface area (Å²) in [7, 11) is 0. The highest BCUT2D eigenvalue weighted by Gasteiger charge is 2.08. The van der Waals surface area contributed by atoms with Gasteiger partial charge < -0.3 is 4.90 Å². The van der Waals surface area contributed by atoms with Crippen LogP contribution in [0.15, 0.2) is 84.0 Å². The predicted molar refractivity (Wildman–Crippen MR) is 116 cm³/mol. The minimum absolute atomic E-state index is 0.335. The smallest absolute Gasteiger partial charge is 0.272 e. The number of hydrogen-bond donors (Lipinski definition) is 1. The van der Waals surface area contributed by atoms with Crippen molar-refractivity contribution in [3.05, 3.63) is 101 Å². The van der Waals surface area contributed by atoms with E-state index in [9.17, 15) is 4.79 Å². The van der Waals surface area contributed by atoms with Gasteiger partial charge >= 0.3 is 0 Å². The average molecular weight is 392 g/mol. The van der Waals surface area contributed by atoms with Crippen molar-refractivity contribution in [3.63, 3.8) is 0 Å². The fraction of sp³-hybridized carbons (Fsp3) is 0.130. The molecular formula is C23H22ClN3O. The lowest BCUT2D eigenvalue weighted by molar-refractivity contribution is 0.0955. The summed E-state index contributed by atoms with van der Waals surface area (Å²) >= 11 is 6.02. The molecule has 0 aliphatic carbocycles. The maximum absolute atomic E-state index is 12.1. The first kappa shape index (κ1) is 19.6. The van der Waals surface area contributed by atoms with Gasteiger partial charge in [-0.05, 0) is 42.3 Å². The molecule has 1 N–H and O–H groups in total. The summed E-state index contributed by atoms with van der Waals surface area (Å²) in [6.07, 6.45) is 1.62. The van der Waals surface area contributed by atoms with Crippen molar-refractivity contribution < 1.29 is 4.79 Å². The fourth-order valence-corrected chi connectivity index (χ4v) is 3.05. The monoisotopic (exact) mass is 391 g/mol. The summed E-state index contributed by atoms with van der Waals surface area (Å²) in [4.78, 5) is 14.4. The van der Waals surface area contributed by atoms with Crippen LogP contribution in [0.5, 0.6) is 0 Å². The van der Waals surface area contributed by atoms with Crippen LogP contribution in [-0.2, 0) is 6.54 Å². The van der Waals surface area contributed by atoms with E-state index in [-0.39, 0.29) is 5.91 Å². The van der Waals surface area contributed by atoms with Crippen LogP contribution in [0.1, 0.15) is 28.4 Å². The van der Waals surface area contributed by atoms with Crippen LogP contribution in [0.3, 0.4) is 0 Å². The van der Waals surface area contributed by atoms with Gasteiger partial charge in [-0.15, -0.1) is 0 Å². The Morgan fingerprint density at radius 1 is 1.00 bits per heavy atom. The van der Waals surface area contributed by atoms with E-state index in [2.05, 4.69) is 58.7 Å². The molecule has 0 atom stereocenters. The van der Waals surface area contributed by atoms with Crippen LogP contribution in [0, 0.1) is 0 Å². The van der Waals surface area contributed by atoms with Crippen molar-refractivity contribution in [1.29, 1.82) is 0 Å². The van der Waals surface area contributed by atoms with Gasteiger partial charge in [-0.25, -0.2) is 5.43 Å². The number of anilines is 1. The highest BCUT2D eigenvalue weighted by molar-refractivity contribution is 6.33. The third-order valence-corrected chi connectivity index (χ3v) is 4.68. The number of hydrazone groups is 1. The average Bonchev–Trinajstić information content (AvgIpc) is 2.73. The molecule has 0 aliphatic rings. The second-order valence-corrected chi connectivity index (χ2v) is 6.68. The van der Waals surface area contributed by atoms with Crippen LogP contribution < -0.4 is 10.3 Å². The van der Waals surface area contributed by atoms with Crippen LogP contribution in [-0.4, -0.2) is 18.7 Å². The molecule has 0 saturated heterocycles.